The van der Waals surface area contributed by atoms with E-state index in [-0.39, 0.29) is 6.61 Å². The van der Waals surface area contributed by atoms with Gasteiger partial charge in [-0.15, -0.1) is 0 Å². The van der Waals surface area contributed by atoms with E-state index >= 15 is 0 Å². The zero-order chi connectivity index (χ0) is 19.7. The van der Waals surface area contributed by atoms with Crippen LogP contribution in [-0.2, 0) is 11.3 Å². The normalized spacial score (nSPS) is 10.8. The summed E-state index contributed by atoms with van der Waals surface area (Å²) in [6, 6.07) is 14.7. The maximum absolute atomic E-state index is 11.6. The Balaban J connectivity index is 1.86. The second-order valence-electron chi connectivity index (χ2n) is 6.87. The summed E-state index contributed by atoms with van der Waals surface area (Å²) in [6.45, 7) is 6.31. The first kappa shape index (κ1) is 20.3. The van der Waals surface area contributed by atoms with Crippen LogP contribution in [0.25, 0.3) is 0 Å². The Hall–Kier alpha value is -3.02. The second kappa shape index (κ2) is 9.62. The summed E-state index contributed by atoms with van der Waals surface area (Å²) in [7, 11) is 0. The summed E-state index contributed by atoms with van der Waals surface area (Å²) in [6.07, 6.45) is 0.253. The lowest BCUT2D eigenvalue weighted by Gasteiger charge is -2.19. The van der Waals surface area contributed by atoms with Crippen LogP contribution in [0.15, 0.2) is 48.5 Å². The van der Waals surface area contributed by atoms with Gasteiger partial charge in [0.2, 0.25) is 0 Å². The van der Waals surface area contributed by atoms with Crippen LogP contribution in [0.3, 0.4) is 0 Å². The predicted molar refractivity (Wildman–Crippen MR) is 102 cm³/mol. The van der Waals surface area contributed by atoms with Gasteiger partial charge in [-0.1, -0.05) is 30.3 Å². The molecule has 0 saturated carbocycles. The third-order valence-electron chi connectivity index (χ3n) is 3.39. The number of alkyl carbamates (subject to hydrolysis) is 1. The molecule has 0 aliphatic rings. The minimum Gasteiger partial charge on any atom is -0.492 e. The summed E-state index contributed by atoms with van der Waals surface area (Å²) in [5, 5.41) is 2.62. The smallest absolute Gasteiger partial charge is 0.407 e. The molecule has 6 nitrogen and oxygen atoms in total. The van der Waals surface area contributed by atoms with Crippen LogP contribution < -0.4 is 14.8 Å². The minimum absolute atomic E-state index is 0.262. The van der Waals surface area contributed by atoms with E-state index in [2.05, 4.69) is 5.32 Å². The lowest BCUT2D eigenvalue weighted by molar-refractivity contribution is 0.0520. The summed E-state index contributed by atoms with van der Waals surface area (Å²) in [5.41, 5.74) is 0.910. The average molecular weight is 371 g/mol. The first-order valence-corrected chi connectivity index (χ1v) is 8.73. The molecule has 1 N–H and O–H groups in total. The number of benzene rings is 2. The van der Waals surface area contributed by atoms with Gasteiger partial charge < -0.3 is 19.5 Å². The summed E-state index contributed by atoms with van der Waals surface area (Å²) in [4.78, 5) is 22.8. The molecule has 0 aliphatic heterocycles. The summed E-state index contributed by atoms with van der Waals surface area (Å²) >= 11 is 0. The highest BCUT2D eigenvalue weighted by Crippen LogP contribution is 2.24. The third kappa shape index (κ3) is 7.40. The van der Waals surface area contributed by atoms with Crippen LogP contribution in [0.4, 0.5) is 4.79 Å². The lowest BCUT2D eigenvalue weighted by Crippen LogP contribution is -2.34. The van der Waals surface area contributed by atoms with Crippen molar-refractivity contribution in [1.82, 2.24) is 5.32 Å². The standard InChI is InChI=1S/C21H25NO5/c1-21(2,3)27-20(24)22-11-12-25-18-10-9-17(14-23)19(13-18)26-15-16-7-5-4-6-8-16/h4-10,13-14H,11-12,15H2,1-3H3,(H,22,24). The fraction of sp³-hybridized carbons (Fsp3) is 0.333. The van der Waals surface area contributed by atoms with Gasteiger partial charge in [-0.3, -0.25) is 4.79 Å². The number of hydrogen-bond donors (Lipinski definition) is 1. The van der Waals surface area contributed by atoms with Gasteiger partial charge in [0.05, 0.1) is 12.1 Å². The Morgan fingerprint density at radius 1 is 1.07 bits per heavy atom. The van der Waals surface area contributed by atoms with Crippen LogP contribution in [0.1, 0.15) is 36.7 Å². The van der Waals surface area contributed by atoms with Crippen molar-refractivity contribution in [1.29, 1.82) is 0 Å². The number of carbonyl (C=O) groups excluding carboxylic acids is 2. The van der Waals surface area contributed by atoms with Crippen LogP contribution >= 0.6 is 0 Å². The molecule has 0 atom stereocenters. The van der Waals surface area contributed by atoms with Crippen molar-refractivity contribution >= 4 is 12.4 Å². The molecule has 0 aromatic heterocycles. The molecule has 1 amide bonds. The van der Waals surface area contributed by atoms with Gasteiger partial charge in [0.1, 0.15) is 30.3 Å². The SMILES string of the molecule is CC(C)(C)OC(=O)NCCOc1ccc(C=O)c(OCc2ccccc2)c1. The zero-order valence-corrected chi connectivity index (χ0v) is 15.9. The van der Waals surface area contributed by atoms with E-state index in [9.17, 15) is 9.59 Å². The summed E-state index contributed by atoms with van der Waals surface area (Å²) < 4.78 is 16.5. The minimum atomic E-state index is -0.541. The summed E-state index contributed by atoms with van der Waals surface area (Å²) in [5.74, 6) is 1.00. The molecular formula is C21H25NO5. The number of hydrogen-bond acceptors (Lipinski definition) is 5. The van der Waals surface area contributed by atoms with Gasteiger partial charge >= 0.3 is 6.09 Å². The first-order valence-electron chi connectivity index (χ1n) is 8.73. The molecule has 6 heteroatoms. The molecule has 2 rings (SSSR count). The monoisotopic (exact) mass is 371 g/mol. The number of ether oxygens (including phenoxy) is 3. The second-order valence-corrected chi connectivity index (χ2v) is 6.87. The van der Waals surface area contributed by atoms with E-state index < -0.39 is 11.7 Å². The van der Waals surface area contributed by atoms with Gasteiger partial charge in [0.15, 0.2) is 6.29 Å². The van der Waals surface area contributed by atoms with Crippen LogP contribution in [-0.4, -0.2) is 31.1 Å². The van der Waals surface area contributed by atoms with Crippen molar-refractivity contribution in [2.75, 3.05) is 13.2 Å². The molecule has 0 bridgehead atoms. The van der Waals surface area contributed by atoms with E-state index in [1.807, 2.05) is 30.3 Å². The highest BCUT2D eigenvalue weighted by atomic mass is 16.6. The quantitative estimate of drug-likeness (QED) is 0.561. The van der Waals surface area contributed by atoms with Crippen LogP contribution in [0.5, 0.6) is 11.5 Å². The molecule has 0 unspecified atom stereocenters. The largest absolute Gasteiger partial charge is 0.492 e. The fourth-order valence-electron chi connectivity index (χ4n) is 2.20. The van der Waals surface area contributed by atoms with Crippen molar-refractivity contribution in [2.45, 2.75) is 33.0 Å². The molecule has 27 heavy (non-hydrogen) atoms. The molecule has 2 aromatic rings. The average Bonchev–Trinajstić information content (AvgIpc) is 2.63. The number of nitrogens with one attached hydrogen (secondary N) is 1. The molecule has 0 fully saturated rings. The van der Waals surface area contributed by atoms with Crippen molar-refractivity contribution in [3.8, 4) is 11.5 Å². The number of rotatable bonds is 8. The number of aldehydes is 1. The van der Waals surface area contributed by atoms with E-state index in [4.69, 9.17) is 14.2 Å². The van der Waals surface area contributed by atoms with Gasteiger partial charge in [0.25, 0.3) is 0 Å². The molecule has 144 valence electrons. The van der Waals surface area contributed by atoms with Crippen LogP contribution in [0, 0.1) is 0 Å². The fourth-order valence-corrected chi connectivity index (χ4v) is 2.20. The molecule has 0 heterocycles. The molecule has 0 saturated heterocycles. The van der Waals surface area contributed by atoms with Crippen molar-refractivity contribution < 1.29 is 23.8 Å². The maximum atomic E-state index is 11.6. The van der Waals surface area contributed by atoms with Gasteiger partial charge in [0, 0.05) is 6.07 Å². The van der Waals surface area contributed by atoms with Gasteiger partial charge in [-0.05, 0) is 38.5 Å². The Morgan fingerprint density at radius 3 is 2.48 bits per heavy atom. The first-order chi connectivity index (χ1) is 12.9. The highest BCUT2D eigenvalue weighted by Gasteiger charge is 2.15. The number of amides is 1. The van der Waals surface area contributed by atoms with E-state index in [1.165, 1.54) is 0 Å². The van der Waals surface area contributed by atoms with Gasteiger partial charge in [-0.2, -0.15) is 0 Å². The van der Waals surface area contributed by atoms with E-state index in [0.29, 0.717) is 30.2 Å². The Morgan fingerprint density at radius 2 is 1.81 bits per heavy atom. The Kier molecular flexibility index (Phi) is 7.23. The molecule has 0 aliphatic carbocycles. The Bertz CT molecular complexity index is 753. The highest BCUT2D eigenvalue weighted by molar-refractivity contribution is 5.79. The predicted octanol–water partition coefficient (Wildman–Crippen LogP) is 3.98. The van der Waals surface area contributed by atoms with Crippen molar-refractivity contribution in [3.05, 3.63) is 59.7 Å². The van der Waals surface area contributed by atoms with Crippen molar-refractivity contribution in [2.24, 2.45) is 0 Å². The molecular weight excluding hydrogens is 346 g/mol. The topological polar surface area (TPSA) is 73.9 Å². The van der Waals surface area contributed by atoms with Crippen molar-refractivity contribution in [3.63, 3.8) is 0 Å². The zero-order valence-electron chi connectivity index (χ0n) is 15.9. The van der Waals surface area contributed by atoms with Crippen LogP contribution in [0.2, 0.25) is 0 Å². The third-order valence-corrected chi connectivity index (χ3v) is 3.39. The maximum Gasteiger partial charge on any atom is 0.407 e. The molecule has 0 spiro atoms. The molecule has 2 aromatic carbocycles. The number of carbonyl (C=O) groups is 2. The lowest BCUT2D eigenvalue weighted by atomic mass is 10.2. The molecule has 0 radical (unpaired) electrons. The Labute approximate surface area is 159 Å². The van der Waals surface area contributed by atoms with E-state index in [1.54, 1.807) is 39.0 Å². The van der Waals surface area contributed by atoms with E-state index in [0.717, 1.165) is 11.8 Å². The van der Waals surface area contributed by atoms with Gasteiger partial charge in [-0.25, -0.2) is 4.79 Å².